The Kier molecular flexibility index (Phi) is 2.92. The molecule has 0 radical (unpaired) electrons. The van der Waals surface area contributed by atoms with Crippen LogP contribution in [0.3, 0.4) is 0 Å². The van der Waals surface area contributed by atoms with Crippen LogP contribution in [0, 0.1) is 0 Å². The van der Waals surface area contributed by atoms with E-state index in [1.54, 1.807) is 5.38 Å². The lowest BCUT2D eigenvalue weighted by Crippen LogP contribution is -2.09. The minimum absolute atomic E-state index is 0.333. The van der Waals surface area contributed by atoms with Crippen molar-refractivity contribution in [2.24, 2.45) is 0 Å². The first-order valence-electron chi connectivity index (χ1n) is 3.81. The first kappa shape index (κ1) is 10.5. The van der Waals surface area contributed by atoms with Gasteiger partial charge in [0.2, 0.25) is 10.0 Å². The zero-order chi connectivity index (χ0) is 10.1. The summed E-state index contributed by atoms with van der Waals surface area (Å²) < 4.78 is 24.0. The van der Waals surface area contributed by atoms with Gasteiger partial charge in [0.1, 0.15) is 0 Å². The van der Waals surface area contributed by atoms with Crippen molar-refractivity contribution in [3.8, 4) is 0 Å². The van der Waals surface area contributed by atoms with Crippen LogP contribution in [0.15, 0.2) is 5.38 Å². The molecule has 1 aromatic rings. The quantitative estimate of drug-likeness (QED) is 0.842. The molecule has 1 N–H and O–H groups in total. The summed E-state index contributed by atoms with van der Waals surface area (Å²) in [5.74, 6) is 0.747. The van der Waals surface area contributed by atoms with Gasteiger partial charge in [-0.15, -0.1) is 11.3 Å². The Morgan fingerprint density at radius 2 is 2.15 bits per heavy atom. The van der Waals surface area contributed by atoms with Gasteiger partial charge in [0.25, 0.3) is 0 Å². The van der Waals surface area contributed by atoms with Gasteiger partial charge < -0.3 is 0 Å². The Bertz CT molecular complexity index is 381. The summed E-state index contributed by atoms with van der Waals surface area (Å²) in [6, 6.07) is 0. The molecule has 1 heterocycles. The largest absolute Gasteiger partial charge is 0.267 e. The Labute approximate surface area is 82.1 Å². The maximum atomic E-state index is 10.8. The molecule has 0 aliphatic rings. The molecule has 0 unspecified atom stereocenters. The monoisotopic (exact) mass is 220 g/mol. The fourth-order valence-electron chi connectivity index (χ4n) is 0.790. The predicted octanol–water partition coefficient (Wildman–Crippen LogP) is 1.64. The summed E-state index contributed by atoms with van der Waals surface area (Å²) >= 11 is 1.46. The molecule has 0 fully saturated rings. The number of nitrogens with one attached hydrogen (secondary N) is 1. The number of hydrogen-bond donors (Lipinski definition) is 1. The van der Waals surface area contributed by atoms with Crippen molar-refractivity contribution in [3.05, 3.63) is 10.4 Å². The molecule has 13 heavy (non-hydrogen) atoms. The van der Waals surface area contributed by atoms with Gasteiger partial charge in [-0.3, -0.25) is 4.72 Å². The first-order valence-corrected chi connectivity index (χ1v) is 6.59. The van der Waals surface area contributed by atoms with Crippen LogP contribution in [-0.2, 0) is 10.0 Å². The Morgan fingerprint density at radius 3 is 2.54 bits per heavy atom. The summed E-state index contributed by atoms with van der Waals surface area (Å²) in [6.07, 6.45) is 1.11. The first-order chi connectivity index (χ1) is 5.88. The third-order valence-corrected chi connectivity index (χ3v) is 3.03. The highest BCUT2D eigenvalue weighted by Gasteiger charge is 2.08. The topological polar surface area (TPSA) is 59.1 Å². The van der Waals surface area contributed by atoms with E-state index in [1.165, 1.54) is 11.3 Å². The van der Waals surface area contributed by atoms with Gasteiger partial charge in [-0.2, -0.15) is 0 Å². The van der Waals surface area contributed by atoms with Crippen LogP contribution in [0.4, 0.5) is 5.82 Å². The van der Waals surface area contributed by atoms with Gasteiger partial charge in [0.15, 0.2) is 5.82 Å². The van der Waals surface area contributed by atoms with Crippen molar-refractivity contribution in [3.63, 3.8) is 0 Å². The number of thiazole rings is 1. The highest BCUT2D eigenvalue weighted by Crippen LogP contribution is 2.22. The summed E-state index contributed by atoms with van der Waals surface area (Å²) in [7, 11) is -3.20. The van der Waals surface area contributed by atoms with Gasteiger partial charge in [0.05, 0.1) is 11.3 Å². The lowest BCUT2D eigenvalue weighted by molar-refractivity contribution is 0.606. The SMILES string of the molecule is CC(C)c1nc(NS(C)(=O)=O)cs1. The minimum atomic E-state index is -3.20. The lowest BCUT2D eigenvalue weighted by atomic mass is 10.2. The predicted molar refractivity (Wildman–Crippen MR) is 54.7 cm³/mol. The second-order valence-corrected chi connectivity index (χ2v) is 5.74. The van der Waals surface area contributed by atoms with Crippen molar-refractivity contribution in [1.82, 2.24) is 4.98 Å². The molecule has 6 heteroatoms. The van der Waals surface area contributed by atoms with Crippen molar-refractivity contribution < 1.29 is 8.42 Å². The van der Waals surface area contributed by atoms with E-state index in [0.717, 1.165) is 11.3 Å². The van der Waals surface area contributed by atoms with Gasteiger partial charge in [-0.1, -0.05) is 13.8 Å². The van der Waals surface area contributed by atoms with Crippen LogP contribution < -0.4 is 4.72 Å². The lowest BCUT2D eigenvalue weighted by Gasteiger charge is -1.98. The summed E-state index contributed by atoms with van der Waals surface area (Å²) in [6.45, 7) is 4.03. The third kappa shape index (κ3) is 3.31. The molecule has 0 spiro atoms. The van der Waals surface area contributed by atoms with E-state index >= 15 is 0 Å². The molecule has 0 aliphatic carbocycles. The third-order valence-electron chi connectivity index (χ3n) is 1.31. The Balaban J connectivity index is 2.81. The fraction of sp³-hybridized carbons (Fsp3) is 0.571. The number of aromatic nitrogens is 1. The molecule has 0 saturated carbocycles. The minimum Gasteiger partial charge on any atom is -0.267 e. The Hall–Kier alpha value is -0.620. The van der Waals surface area contributed by atoms with Gasteiger partial charge >= 0.3 is 0 Å². The second-order valence-electron chi connectivity index (χ2n) is 3.10. The normalized spacial score (nSPS) is 12.0. The van der Waals surface area contributed by atoms with Crippen LogP contribution in [0.5, 0.6) is 0 Å². The fourth-order valence-corrected chi connectivity index (χ4v) is 2.12. The molecule has 0 amide bonds. The van der Waals surface area contributed by atoms with Crippen molar-refractivity contribution >= 4 is 27.2 Å². The molecule has 0 atom stereocenters. The molecule has 1 rings (SSSR count). The van der Waals surface area contributed by atoms with E-state index < -0.39 is 10.0 Å². The molecule has 0 aromatic carbocycles. The van der Waals surface area contributed by atoms with E-state index in [1.807, 2.05) is 13.8 Å². The molecule has 74 valence electrons. The number of anilines is 1. The van der Waals surface area contributed by atoms with E-state index in [0.29, 0.717) is 11.7 Å². The van der Waals surface area contributed by atoms with Crippen LogP contribution in [0.2, 0.25) is 0 Å². The highest BCUT2D eigenvalue weighted by atomic mass is 32.2. The van der Waals surface area contributed by atoms with E-state index in [-0.39, 0.29) is 0 Å². The molecule has 4 nitrogen and oxygen atoms in total. The standard InChI is InChI=1S/C7H12N2O2S2/c1-5(2)7-8-6(4-12-7)9-13(3,10)11/h4-5,9H,1-3H3. The summed E-state index contributed by atoms with van der Waals surface area (Å²) in [4.78, 5) is 4.12. The van der Waals surface area contributed by atoms with E-state index in [2.05, 4.69) is 9.71 Å². The molecule has 0 aliphatic heterocycles. The zero-order valence-corrected chi connectivity index (χ0v) is 9.37. The highest BCUT2D eigenvalue weighted by molar-refractivity contribution is 7.92. The molecule has 0 saturated heterocycles. The molecular weight excluding hydrogens is 208 g/mol. The van der Waals surface area contributed by atoms with Gasteiger partial charge in [0, 0.05) is 11.3 Å². The second kappa shape index (κ2) is 3.63. The van der Waals surface area contributed by atoms with Crippen molar-refractivity contribution in [1.29, 1.82) is 0 Å². The van der Waals surface area contributed by atoms with Gasteiger partial charge in [-0.25, -0.2) is 13.4 Å². The van der Waals surface area contributed by atoms with Crippen molar-refractivity contribution in [2.75, 3.05) is 11.0 Å². The smallest absolute Gasteiger partial charge is 0.230 e. The van der Waals surface area contributed by atoms with E-state index in [9.17, 15) is 8.42 Å². The number of nitrogens with zero attached hydrogens (tertiary/aromatic N) is 1. The maximum Gasteiger partial charge on any atom is 0.230 e. The zero-order valence-electron chi connectivity index (χ0n) is 7.73. The van der Waals surface area contributed by atoms with Crippen LogP contribution in [0.1, 0.15) is 24.8 Å². The molecular formula is C7H12N2O2S2. The number of hydrogen-bond acceptors (Lipinski definition) is 4. The van der Waals surface area contributed by atoms with E-state index in [4.69, 9.17) is 0 Å². The molecule has 0 bridgehead atoms. The maximum absolute atomic E-state index is 10.8. The Morgan fingerprint density at radius 1 is 1.54 bits per heavy atom. The van der Waals surface area contributed by atoms with Crippen LogP contribution in [0.25, 0.3) is 0 Å². The average Bonchev–Trinajstić information content (AvgIpc) is 2.31. The summed E-state index contributed by atoms with van der Waals surface area (Å²) in [5, 5.41) is 2.64. The number of rotatable bonds is 3. The van der Waals surface area contributed by atoms with Crippen LogP contribution >= 0.6 is 11.3 Å². The van der Waals surface area contributed by atoms with Crippen LogP contribution in [-0.4, -0.2) is 19.7 Å². The molecule has 1 aromatic heterocycles. The van der Waals surface area contributed by atoms with Gasteiger partial charge in [-0.05, 0) is 0 Å². The number of sulfonamides is 1. The summed E-state index contributed by atoms with van der Waals surface area (Å²) in [5.41, 5.74) is 0. The van der Waals surface area contributed by atoms with Crippen molar-refractivity contribution in [2.45, 2.75) is 19.8 Å². The average molecular weight is 220 g/mol.